The number of aromatic nitrogens is 1. The molecule has 0 spiro atoms. The van der Waals surface area contributed by atoms with Gasteiger partial charge in [-0.1, -0.05) is 6.92 Å². The molecule has 16 heavy (non-hydrogen) atoms. The van der Waals surface area contributed by atoms with Crippen molar-refractivity contribution in [3.8, 4) is 0 Å². The second-order valence-corrected chi connectivity index (χ2v) is 3.83. The fourth-order valence-electron chi connectivity index (χ4n) is 1.65. The highest BCUT2D eigenvalue weighted by molar-refractivity contribution is 5.35. The Morgan fingerprint density at radius 3 is 2.75 bits per heavy atom. The van der Waals surface area contributed by atoms with E-state index in [0.717, 1.165) is 18.7 Å². The van der Waals surface area contributed by atoms with E-state index < -0.39 is 4.92 Å². The fraction of sp³-hybridized carbons (Fsp3) is 0.545. The Morgan fingerprint density at radius 1 is 1.56 bits per heavy atom. The van der Waals surface area contributed by atoms with Gasteiger partial charge in [-0.15, -0.1) is 0 Å². The van der Waals surface area contributed by atoms with Crippen LogP contribution in [0.5, 0.6) is 0 Å². The number of hydrogen-bond donors (Lipinski definition) is 1. The zero-order chi connectivity index (χ0) is 12.1. The van der Waals surface area contributed by atoms with Crippen molar-refractivity contribution in [2.45, 2.75) is 33.2 Å². The van der Waals surface area contributed by atoms with Crippen molar-refractivity contribution >= 4 is 5.69 Å². The first-order valence-corrected chi connectivity index (χ1v) is 5.39. The lowest BCUT2D eigenvalue weighted by Gasteiger charge is -2.11. The van der Waals surface area contributed by atoms with Gasteiger partial charge in [0.1, 0.15) is 5.69 Å². The monoisotopic (exact) mass is 223 g/mol. The van der Waals surface area contributed by atoms with Crippen molar-refractivity contribution < 1.29 is 4.92 Å². The predicted molar refractivity (Wildman–Crippen MR) is 62.5 cm³/mol. The van der Waals surface area contributed by atoms with E-state index in [1.54, 1.807) is 13.0 Å². The third-order valence-electron chi connectivity index (χ3n) is 2.38. The van der Waals surface area contributed by atoms with Crippen LogP contribution >= 0.6 is 0 Å². The van der Waals surface area contributed by atoms with E-state index in [4.69, 9.17) is 0 Å². The fourth-order valence-corrected chi connectivity index (χ4v) is 1.65. The maximum absolute atomic E-state index is 10.6. The van der Waals surface area contributed by atoms with E-state index in [1.165, 1.54) is 6.07 Å². The summed E-state index contributed by atoms with van der Waals surface area (Å²) >= 11 is 0. The molecule has 0 amide bonds. The summed E-state index contributed by atoms with van der Waals surface area (Å²) in [5.41, 5.74) is 1.45. The number of hydrogen-bond acceptors (Lipinski definition) is 4. The number of rotatable bonds is 5. The third kappa shape index (κ3) is 3.27. The molecule has 0 saturated carbocycles. The largest absolute Gasteiger partial charge is 0.314 e. The molecule has 0 saturated heterocycles. The highest BCUT2D eigenvalue weighted by Gasteiger charge is 2.12. The van der Waals surface area contributed by atoms with Gasteiger partial charge in [-0.3, -0.25) is 15.1 Å². The van der Waals surface area contributed by atoms with Crippen LogP contribution in [0.15, 0.2) is 12.1 Å². The average molecular weight is 223 g/mol. The van der Waals surface area contributed by atoms with Crippen LogP contribution in [0, 0.1) is 17.0 Å². The molecule has 88 valence electrons. The molecular formula is C11H17N3O2. The van der Waals surface area contributed by atoms with Crippen LogP contribution in [0.4, 0.5) is 5.69 Å². The van der Waals surface area contributed by atoms with Crippen LogP contribution in [0.2, 0.25) is 0 Å². The molecule has 0 bridgehead atoms. The lowest BCUT2D eigenvalue weighted by molar-refractivity contribution is -0.385. The summed E-state index contributed by atoms with van der Waals surface area (Å²) in [6.45, 7) is 6.69. The second kappa shape index (κ2) is 5.55. The summed E-state index contributed by atoms with van der Waals surface area (Å²) in [7, 11) is 0. The first-order chi connectivity index (χ1) is 7.54. The van der Waals surface area contributed by atoms with Crippen molar-refractivity contribution in [2.24, 2.45) is 0 Å². The predicted octanol–water partition coefficient (Wildman–Crippen LogP) is 1.84. The highest BCUT2D eigenvalue weighted by Crippen LogP contribution is 2.16. The van der Waals surface area contributed by atoms with Gasteiger partial charge in [0.2, 0.25) is 0 Å². The maximum Gasteiger partial charge on any atom is 0.290 e. The minimum Gasteiger partial charge on any atom is -0.314 e. The summed E-state index contributed by atoms with van der Waals surface area (Å²) < 4.78 is 0. The number of pyridine rings is 1. The second-order valence-electron chi connectivity index (χ2n) is 3.83. The zero-order valence-electron chi connectivity index (χ0n) is 9.86. The van der Waals surface area contributed by atoms with Gasteiger partial charge >= 0.3 is 0 Å². The SMILES string of the molecule is CCNC(C)Cc1ccc([N+](=O)[O-])c(C)n1. The first kappa shape index (κ1) is 12.6. The molecule has 0 aliphatic carbocycles. The van der Waals surface area contributed by atoms with Gasteiger partial charge in [0, 0.05) is 24.2 Å². The van der Waals surface area contributed by atoms with Crippen molar-refractivity contribution in [3.05, 3.63) is 33.6 Å². The molecule has 5 heteroatoms. The third-order valence-corrected chi connectivity index (χ3v) is 2.38. The molecule has 1 aromatic rings. The molecule has 1 atom stereocenters. The molecule has 5 nitrogen and oxygen atoms in total. The molecule has 0 aliphatic heterocycles. The van der Waals surface area contributed by atoms with Crippen molar-refractivity contribution in [2.75, 3.05) is 6.54 Å². The Hall–Kier alpha value is -1.49. The summed E-state index contributed by atoms with van der Waals surface area (Å²) in [5.74, 6) is 0. The van der Waals surface area contributed by atoms with Gasteiger partial charge in [-0.25, -0.2) is 0 Å². The van der Waals surface area contributed by atoms with Gasteiger partial charge < -0.3 is 5.32 Å². The Labute approximate surface area is 95.0 Å². The summed E-state index contributed by atoms with van der Waals surface area (Å²) in [5, 5.41) is 13.9. The molecule has 1 aromatic heterocycles. The summed E-state index contributed by atoms with van der Waals surface area (Å²) in [6, 6.07) is 3.58. The van der Waals surface area contributed by atoms with Gasteiger partial charge in [0.25, 0.3) is 5.69 Å². The molecule has 1 rings (SSSR count). The van der Waals surface area contributed by atoms with Crippen LogP contribution in [0.1, 0.15) is 25.2 Å². The van der Waals surface area contributed by atoms with Crippen LogP contribution in [-0.4, -0.2) is 22.5 Å². The number of nitrogens with zero attached hydrogens (tertiary/aromatic N) is 2. The van der Waals surface area contributed by atoms with E-state index in [0.29, 0.717) is 11.7 Å². The zero-order valence-corrected chi connectivity index (χ0v) is 9.86. The number of nitrogens with one attached hydrogen (secondary N) is 1. The highest BCUT2D eigenvalue weighted by atomic mass is 16.6. The van der Waals surface area contributed by atoms with Crippen LogP contribution in [0.25, 0.3) is 0 Å². The Morgan fingerprint density at radius 2 is 2.25 bits per heavy atom. The molecule has 1 N–H and O–H groups in total. The van der Waals surface area contributed by atoms with E-state index in [1.807, 2.05) is 6.92 Å². The van der Waals surface area contributed by atoms with Gasteiger partial charge in [0.15, 0.2) is 0 Å². The van der Waals surface area contributed by atoms with Crippen LogP contribution in [0.3, 0.4) is 0 Å². The van der Waals surface area contributed by atoms with Gasteiger partial charge in [-0.2, -0.15) is 0 Å². The molecule has 0 aliphatic rings. The molecule has 0 fully saturated rings. The van der Waals surface area contributed by atoms with Crippen molar-refractivity contribution in [1.29, 1.82) is 0 Å². The van der Waals surface area contributed by atoms with E-state index >= 15 is 0 Å². The Kier molecular flexibility index (Phi) is 4.37. The number of nitro groups is 1. The lowest BCUT2D eigenvalue weighted by Crippen LogP contribution is -2.28. The minimum atomic E-state index is -0.403. The molecule has 0 radical (unpaired) electrons. The minimum absolute atomic E-state index is 0.0832. The summed E-state index contributed by atoms with van der Waals surface area (Å²) in [6.07, 6.45) is 0.784. The summed E-state index contributed by atoms with van der Waals surface area (Å²) in [4.78, 5) is 14.4. The average Bonchev–Trinajstić information content (AvgIpc) is 2.17. The maximum atomic E-state index is 10.6. The van der Waals surface area contributed by atoms with E-state index in [-0.39, 0.29) is 5.69 Å². The van der Waals surface area contributed by atoms with Gasteiger partial charge in [0.05, 0.1) is 4.92 Å². The number of likely N-dealkylation sites (N-methyl/N-ethyl adjacent to an activating group) is 1. The molecule has 0 aromatic carbocycles. The molecule has 1 unspecified atom stereocenters. The molecule has 1 heterocycles. The lowest BCUT2D eigenvalue weighted by atomic mass is 10.1. The van der Waals surface area contributed by atoms with Crippen molar-refractivity contribution in [3.63, 3.8) is 0 Å². The van der Waals surface area contributed by atoms with Crippen molar-refractivity contribution in [1.82, 2.24) is 10.3 Å². The molecular weight excluding hydrogens is 206 g/mol. The van der Waals surface area contributed by atoms with Gasteiger partial charge in [-0.05, 0) is 26.5 Å². The Balaban J connectivity index is 2.77. The quantitative estimate of drug-likeness (QED) is 0.611. The first-order valence-electron chi connectivity index (χ1n) is 5.39. The standard InChI is InChI=1S/C11H17N3O2/c1-4-12-8(2)7-10-5-6-11(14(15)16)9(3)13-10/h5-6,8,12H,4,7H2,1-3H3. The van der Waals surface area contributed by atoms with E-state index in [2.05, 4.69) is 17.2 Å². The smallest absolute Gasteiger partial charge is 0.290 e. The number of aryl methyl sites for hydroxylation is 1. The topological polar surface area (TPSA) is 68.1 Å². The van der Waals surface area contributed by atoms with Crippen LogP contribution < -0.4 is 5.32 Å². The van der Waals surface area contributed by atoms with E-state index in [9.17, 15) is 10.1 Å². The Bertz CT molecular complexity index is 379. The van der Waals surface area contributed by atoms with Crippen LogP contribution in [-0.2, 0) is 6.42 Å². The normalized spacial score (nSPS) is 12.4.